The lowest BCUT2D eigenvalue weighted by atomic mass is 10.2. The van der Waals surface area contributed by atoms with Crippen LogP contribution in [0, 0.1) is 5.92 Å². The molecule has 0 spiro atoms. The number of ether oxygens (including phenoxy) is 2. The van der Waals surface area contributed by atoms with Gasteiger partial charge in [-0.3, -0.25) is 9.59 Å². The Hall–Kier alpha value is -2.08. The fraction of sp³-hybridized carbons (Fsp3) is 0.600. The van der Waals surface area contributed by atoms with Crippen molar-refractivity contribution in [3.05, 3.63) is 24.3 Å². The maximum absolute atomic E-state index is 12.6. The summed E-state index contributed by atoms with van der Waals surface area (Å²) in [6.45, 7) is 4.11. The van der Waals surface area contributed by atoms with Crippen molar-refractivity contribution in [1.29, 1.82) is 0 Å². The van der Waals surface area contributed by atoms with Crippen molar-refractivity contribution in [3.63, 3.8) is 0 Å². The summed E-state index contributed by atoms with van der Waals surface area (Å²) in [5.41, 5.74) is 0.726. The molecule has 6 heteroatoms. The van der Waals surface area contributed by atoms with E-state index in [2.05, 4.69) is 5.32 Å². The van der Waals surface area contributed by atoms with Crippen LogP contribution in [0.4, 0.5) is 5.69 Å². The van der Waals surface area contributed by atoms with Gasteiger partial charge in [0.2, 0.25) is 5.91 Å². The Labute approximate surface area is 154 Å². The fourth-order valence-electron chi connectivity index (χ4n) is 3.04. The Morgan fingerprint density at radius 3 is 2.58 bits per heavy atom. The van der Waals surface area contributed by atoms with Crippen molar-refractivity contribution >= 4 is 17.5 Å². The molecular formula is C20H28N2O4. The molecule has 1 aromatic rings. The first-order chi connectivity index (χ1) is 12.6. The number of carbonyl (C=O) groups excluding carboxylic acids is 2. The van der Waals surface area contributed by atoms with E-state index in [1.54, 1.807) is 24.3 Å². The van der Waals surface area contributed by atoms with E-state index in [0.717, 1.165) is 31.7 Å². The third-order valence-corrected chi connectivity index (χ3v) is 4.80. The van der Waals surface area contributed by atoms with Gasteiger partial charge < -0.3 is 19.7 Å². The molecule has 1 heterocycles. The van der Waals surface area contributed by atoms with Crippen LogP contribution in [-0.2, 0) is 14.3 Å². The maximum Gasteiger partial charge on any atom is 0.260 e. The molecular weight excluding hydrogens is 332 g/mol. The van der Waals surface area contributed by atoms with Crippen molar-refractivity contribution < 1.29 is 19.1 Å². The number of amides is 2. The van der Waals surface area contributed by atoms with Gasteiger partial charge in [0.1, 0.15) is 5.75 Å². The molecule has 1 saturated heterocycles. The van der Waals surface area contributed by atoms with Crippen LogP contribution in [-0.4, -0.2) is 49.1 Å². The highest BCUT2D eigenvalue weighted by atomic mass is 16.5. The zero-order chi connectivity index (χ0) is 18.4. The fourth-order valence-corrected chi connectivity index (χ4v) is 3.04. The van der Waals surface area contributed by atoms with E-state index in [0.29, 0.717) is 24.6 Å². The summed E-state index contributed by atoms with van der Waals surface area (Å²) in [5, 5.41) is 2.79. The van der Waals surface area contributed by atoms with Crippen LogP contribution >= 0.6 is 0 Å². The van der Waals surface area contributed by atoms with Gasteiger partial charge >= 0.3 is 0 Å². The molecule has 2 fully saturated rings. The first-order valence-electron chi connectivity index (χ1n) is 9.56. The van der Waals surface area contributed by atoms with E-state index in [1.165, 1.54) is 12.8 Å². The molecule has 142 valence electrons. The molecule has 1 saturated carbocycles. The number of carbonyl (C=O) groups is 2. The summed E-state index contributed by atoms with van der Waals surface area (Å²) < 4.78 is 11.3. The first kappa shape index (κ1) is 18.7. The number of anilines is 1. The van der Waals surface area contributed by atoms with Gasteiger partial charge in [0.15, 0.2) is 6.61 Å². The van der Waals surface area contributed by atoms with E-state index in [-0.39, 0.29) is 24.5 Å². The molecule has 2 aliphatic rings. The first-order valence-corrected chi connectivity index (χ1v) is 9.56. The second-order valence-electron chi connectivity index (χ2n) is 7.09. The molecule has 1 unspecified atom stereocenters. The van der Waals surface area contributed by atoms with Gasteiger partial charge in [-0.05, 0) is 55.9 Å². The second-order valence-corrected chi connectivity index (χ2v) is 7.09. The minimum Gasteiger partial charge on any atom is -0.484 e. The topological polar surface area (TPSA) is 67.9 Å². The molecule has 6 nitrogen and oxygen atoms in total. The number of rotatable bonds is 9. The lowest BCUT2D eigenvalue weighted by Crippen LogP contribution is -2.41. The van der Waals surface area contributed by atoms with Crippen molar-refractivity contribution in [2.24, 2.45) is 5.92 Å². The number of hydrogen-bond acceptors (Lipinski definition) is 4. The van der Waals surface area contributed by atoms with Crippen LogP contribution in [0.5, 0.6) is 5.75 Å². The maximum atomic E-state index is 12.6. The number of hydrogen-bond donors (Lipinski definition) is 1. The Kier molecular flexibility index (Phi) is 6.50. The third-order valence-electron chi connectivity index (χ3n) is 4.80. The van der Waals surface area contributed by atoms with Crippen molar-refractivity contribution in [2.75, 3.05) is 31.6 Å². The van der Waals surface area contributed by atoms with E-state index in [9.17, 15) is 9.59 Å². The molecule has 2 amide bonds. The smallest absolute Gasteiger partial charge is 0.260 e. The molecule has 3 rings (SSSR count). The SMILES string of the molecule is CCC(=O)Nc1ccc(OCC(=O)N(CC2CC2)CC2CCCO2)cc1. The van der Waals surface area contributed by atoms with Crippen LogP contribution in [0.1, 0.15) is 39.0 Å². The normalized spacial score (nSPS) is 19.2. The summed E-state index contributed by atoms with van der Waals surface area (Å²) >= 11 is 0. The number of nitrogens with one attached hydrogen (secondary N) is 1. The minimum atomic E-state index is -0.0290. The Bertz CT molecular complexity index is 607. The highest BCUT2D eigenvalue weighted by molar-refractivity contribution is 5.90. The zero-order valence-corrected chi connectivity index (χ0v) is 15.4. The summed E-state index contributed by atoms with van der Waals surface area (Å²) in [6, 6.07) is 7.09. The van der Waals surface area contributed by atoms with Crippen LogP contribution in [0.3, 0.4) is 0 Å². The molecule has 0 aromatic heterocycles. The highest BCUT2D eigenvalue weighted by Crippen LogP contribution is 2.30. The standard InChI is InChI=1S/C20H28N2O4/c1-2-19(23)21-16-7-9-17(10-8-16)26-14-20(24)22(12-15-5-6-15)13-18-4-3-11-25-18/h7-10,15,18H,2-6,11-14H2,1H3,(H,21,23). The Morgan fingerprint density at radius 2 is 1.96 bits per heavy atom. The van der Waals surface area contributed by atoms with E-state index in [1.807, 2.05) is 11.8 Å². The Morgan fingerprint density at radius 1 is 1.19 bits per heavy atom. The van der Waals surface area contributed by atoms with E-state index in [4.69, 9.17) is 9.47 Å². The quantitative estimate of drug-likeness (QED) is 0.735. The molecule has 1 N–H and O–H groups in total. The van der Waals surface area contributed by atoms with Crippen LogP contribution < -0.4 is 10.1 Å². The highest BCUT2D eigenvalue weighted by Gasteiger charge is 2.29. The summed E-state index contributed by atoms with van der Waals surface area (Å²) in [5.74, 6) is 1.24. The molecule has 1 aliphatic heterocycles. The van der Waals surface area contributed by atoms with E-state index < -0.39 is 0 Å². The van der Waals surface area contributed by atoms with Crippen LogP contribution in [0.2, 0.25) is 0 Å². The van der Waals surface area contributed by atoms with Gasteiger partial charge in [-0.1, -0.05) is 6.92 Å². The molecule has 0 radical (unpaired) electrons. The third kappa shape index (κ3) is 5.73. The van der Waals surface area contributed by atoms with Gasteiger partial charge in [-0.25, -0.2) is 0 Å². The average Bonchev–Trinajstić information content (AvgIpc) is 3.32. The van der Waals surface area contributed by atoms with Gasteiger partial charge in [-0.2, -0.15) is 0 Å². The van der Waals surface area contributed by atoms with Crippen molar-refractivity contribution in [1.82, 2.24) is 4.90 Å². The summed E-state index contributed by atoms with van der Waals surface area (Å²) in [7, 11) is 0. The van der Waals surface area contributed by atoms with Crippen LogP contribution in [0.25, 0.3) is 0 Å². The van der Waals surface area contributed by atoms with Gasteiger partial charge in [-0.15, -0.1) is 0 Å². The molecule has 1 aliphatic carbocycles. The average molecular weight is 360 g/mol. The molecule has 0 bridgehead atoms. The van der Waals surface area contributed by atoms with Gasteiger partial charge in [0.05, 0.1) is 6.10 Å². The molecule has 1 atom stereocenters. The minimum absolute atomic E-state index is 0.00997. The number of nitrogens with zero attached hydrogens (tertiary/aromatic N) is 1. The summed E-state index contributed by atoms with van der Waals surface area (Å²) in [6.07, 6.45) is 5.13. The monoisotopic (exact) mass is 360 g/mol. The largest absolute Gasteiger partial charge is 0.484 e. The number of benzene rings is 1. The van der Waals surface area contributed by atoms with Crippen molar-refractivity contribution in [2.45, 2.75) is 45.1 Å². The second kappa shape index (κ2) is 9.03. The van der Waals surface area contributed by atoms with Gasteiger partial charge in [0, 0.05) is 31.8 Å². The Balaban J connectivity index is 1.49. The zero-order valence-electron chi connectivity index (χ0n) is 15.4. The lowest BCUT2D eigenvalue weighted by molar-refractivity contribution is -0.135. The molecule has 26 heavy (non-hydrogen) atoms. The lowest BCUT2D eigenvalue weighted by Gasteiger charge is -2.25. The predicted molar refractivity (Wildman–Crippen MR) is 99.1 cm³/mol. The summed E-state index contributed by atoms with van der Waals surface area (Å²) in [4.78, 5) is 25.9. The molecule has 1 aromatic carbocycles. The van der Waals surface area contributed by atoms with Crippen molar-refractivity contribution in [3.8, 4) is 5.75 Å². The van der Waals surface area contributed by atoms with Crippen LogP contribution in [0.15, 0.2) is 24.3 Å². The van der Waals surface area contributed by atoms with Gasteiger partial charge in [0.25, 0.3) is 5.91 Å². The van der Waals surface area contributed by atoms with E-state index >= 15 is 0 Å². The predicted octanol–water partition coefficient (Wildman–Crippen LogP) is 2.83.